The lowest BCUT2D eigenvalue weighted by Crippen LogP contribution is -2.31. The van der Waals surface area contributed by atoms with E-state index in [1.807, 2.05) is 24.3 Å². The Balaban J connectivity index is 1.67. The number of hydrogen-bond donors (Lipinski definition) is 1. The Bertz CT molecular complexity index is 1050. The molecule has 1 N–H and O–H groups in total. The third-order valence-corrected chi connectivity index (χ3v) is 4.78. The predicted octanol–water partition coefficient (Wildman–Crippen LogP) is 3.66. The Kier molecular flexibility index (Phi) is 6.34. The van der Waals surface area contributed by atoms with Gasteiger partial charge >= 0.3 is 0 Å². The number of amides is 1. The molecule has 144 valence electrons. The zero-order valence-electron chi connectivity index (χ0n) is 15.0. The molecule has 0 radical (unpaired) electrons. The maximum atomic E-state index is 12.2. The number of carbonyl (C=O) groups is 1. The van der Waals surface area contributed by atoms with E-state index in [-0.39, 0.29) is 24.6 Å². The van der Waals surface area contributed by atoms with Crippen LogP contribution in [0.15, 0.2) is 59.4 Å². The summed E-state index contributed by atoms with van der Waals surface area (Å²) in [4.78, 5) is 24.3. The molecule has 1 aromatic heterocycles. The number of benzene rings is 2. The van der Waals surface area contributed by atoms with Crippen molar-refractivity contribution in [2.75, 3.05) is 13.7 Å². The van der Waals surface area contributed by atoms with E-state index in [9.17, 15) is 9.59 Å². The minimum atomic E-state index is -0.307. The average Bonchev–Trinajstić information content (AvgIpc) is 2.71. The van der Waals surface area contributed by atoms with Crippen LogP contribution in [-0.4, -0.2) is 29.3 Å². The number of ether oxygens (including phenoxy) is 1. The molecule has 0 spiro atoms. The fraction of sp³-hybridized carbons (Fsp3) is 0.150. The number of rotatable bonds is 6. The molecule has 1 amide bonds. The van der Waals surface area contributed by atoms with E-state index in [0.29, 0.717) is 21.3 Å². The fourth-order valence-electron chi connectivity index (χ4n) is 2.54. The first-order chi connectivity index (χ1) is 13.5. The summed E-state index contributed by atoms with van der Waals surface area (Å²) < 4.78 is 6.46. The van der Waals surface area contributed by atoms with Crippen molar-refractivity contribution >= 4 is 29.1 Å². The minimum absolute atomic E-state index is 0.232. The van der Waals surface area contributed by atoms with Crippen molar-refractivity contribution in [3.63, 3.8) is 0 Å². The summed E-state index contributed by atoms with van der Waals surface area (Å²) in [5, 5.41) is 7.79. The standard InChI is InChI=1S/C20H17Cl2N3O3/c1-28-15-5-2-13(3-6-15)18-8-9-19(26)25(24-18)11-10-23-20(27)14-4-7-16(21)17(22)12-14/h2-9,12H,10-11H2,1H3,(H,23,27). The highest BCUT2D eigenvalue weighted by atomic mass is 35.5. The Labute approximate surface area is 171 Å². The third-order valence-electron chi connectivity index (χ3n) is 4.04. The number of carbonyl (C=O) groups excluding carboxylic acids is 1. The summed E-state index contributed by atoms with van der Waals surface area (Å²) in [5.41, 5.74) is 1.65. The molecule has 0 saturated heterocycles. The number of methoxy groups -OCH3 is 1. The summed E-state index contributed by atoms with van der Waals surface area (Å²) >= 11 is 11.8. The van der Waals surface area contributed by atoms with Crippen molar-refractivity contribution in [3.8, 4) is 17.0 Å². The zero-order chi connectivity index (χ0) is 20.1. The van der Waals surface area contributed by atoms with Crippen LogP contribution in [0.25, 0.3) is 11.3 Å². The van der Waals surface area contributed by atoms with Gasteiger partial charge in [-0.1, -0.05) is 23.2 Å². The number of nitrogens with one attached hydrogen (secondary N) is 1. The normalized spacial score (nSPS) is 10.5. The Morgan fingerprint density at radius 2 is 1.82 bits per heavy atom. The van der Waals surface area contributed by atoms with Gasteiger partial charge in [-0.15, -0.1) is 0 Å². The van der Waals surface area contributed by atoms with Crippen LogP contribution >= 0.6 is 23.2 Å². The Morgan fingerprint density at radius 3 is 2.50 bits per heavy atom. The van der Waals surface area contributed by atoms with Gasteiger partial charge in [0, 0.05) is 23.7 Å². The number of nitrogens with zero attached hydrogens (tertiary/aromatic N) is 2. The van der Waals surface area contributed by atoms with Crippen molar-refractivity contribution in [3.05, 3.63) is 80.6 Å². The molecule has 0 aliphatic rings. The Hall–Kier alpha value is -2.83. The van der Waals surface area contributed by atoms with Crippen LogP contribution in [0.4, 0.5) is 0 Å². The highest BCUT2D eigenvalue weighted by Crippen LogP contribution is 2.22. The van der Waals surface area contributed by atoms with E-state index in [1.165, 1.54) is 16.8 Å². The molecule has 0 atom stereocenters. The highest BCUT2D eigenvalue weighted by Gasteiger charge is 2.09. The molecule has 6 nitrogen and oxygen atoms in total. The van der Waals surface area contributed by atoms with Gasteiger partial charge in [0.1, 0.15) is 5.75 Å². The molecule has 0 bridgehead atoms. The lowest BCUT2D eigenvalue weighted by Gasteiger charge is -2.09. The van der Waals surface area contributed by atoms with Crippen LogP contribution in [0.5, 0.6) is 5.75 Å². The molecule has 8 heteroatoms. The molecular formula is C20H17Cl2N3O3. The smallest absolute Gasteiger partial charge is 0.266 e. The molecule has 0 aliphatic heterocycles. The van der Waals surface area contributed by atoms with Gasteiger partial charge in [0.2, 0.25) is 0 Å². The molecule has 2 aromatic carbocycles. The SMILES string of the molecule is COc1ccc(-c2ccc(=O)n(CCNC(=O)c3ccc(Cl)c(Cl)c3)n2)cc1. The van der Waals surface area contributed by atoms with Crippen LogP contribution in [0.3, 0.4) is 0 Å². The molecule has 0 fully saturated rings. The number of hydrogen-bond acceptors (Lipinski definition) is 4. The van der Waals surface area contributed by atoms with Gasteiger partial charge in [-0.05, 0) is 48.5 Å². The van der Waals surface area contributed by atoms with E-state index >= 15 is 0 Å². The van der Waals surface area contributed by atoms with E-state index in [1.54, 1.807) is 25.3 Å². The molecule has 0 unspecified atom stereocenters. The van der Waals surface area contributed by atoms with Gasteiger partial charge in [-0.2, -0.15) is 5.10 Å². The maximum Gasteiger partial charge on any atom is 0.266 e. The number of aromatic nitrogens is 2. The van der Waals surface area contributed by atoms with E-state index in [0.717, 1.165) is 11.3 Å². The molecule has 3 aromatic rings. The quantitative estimate of drug-likeness (QED) is 0.663. The first-order valence-corrected chi connectivity index (χ1v) is 9.19. The van der Waals surface area contributed by atoms with Crippen molar-refractivity contribution in [1.29, 1.82) is 0 Å². The van der Waals surface area contributed by atoms with Gasteiger partial charge in [0.25, 0.3) is 11.5 Å². The largest absolute Gasteiger partial charge is 0.497 e. The molecule has 28 heavy (non-hydrogen) atoms. The van der Waals surface area contributed by atoms with Crippen LogP contribution in [0, 0.1) is 0 Å². The number of halogens is 2. The van der Waals surface area contributed by atoms with Gasteiger partial charge in [-0.25, -0.2) is 4.68 Å². The fourth-order valence-corrected chi connectivity index (χ4v) is 2.84. The van der Waals surface area contributed by atoms with Crippen molar-refractivity contribution < 1.29 is 9.53 Å². The second-order valence-electron chi connectivity index (χ2n) is 5.89. The summed E-state index contributed by atoms with van der Waals surface area (Å²) in [7, 11) is 1.60. The van der Waals surface area contributed by atoms with Crippen molar-refractivity contribution in [2.24, 2.45) is 0 Å². The van der Waals surface area contributed by atoms with Gasteiger partial charge < -0.3 is 10.1 Å². The average molecular weight is 418 g/mol. The lowest BCUT2D eigenvalue weighted by molar-refractivity contribution is 0.0951. The predicted molar refractivity (Wildman–Crippen MR) is 109 cm³/mol. The van der Waals surface area contributed by atoms with Gasteiger partial charge in [0.15, 0.2) is 0 Å². The van der Waals surface area contributed by atoms with Crippen LogP contribution in [0.1, 0.15) is 10.4 Å². The summed E-state index contributed by atoms with van der Waals surface area (Å²) in [6.07, 6.45) is 0. The lowest BCUT2D eigenvalue weighted by atomic mass is 10.1. The second kappa shape index (κ2) is 8.91. The minimum Gasteiger partial charge on any atom is -0.497 e. The topological polar surface area (TPSA) is 73.2 Å². The van der Waals surface area contributed by atoms with Crippen LogP contribution in [0.2, 0.25) is 10.0 Å². The summed E-state index contributed by atoms with van der Waals surface area (Å²) in [5.74, 6) is 0.431. The van der Waals surface area contributed by atoms with Crippen molar-refractivity contribution in [1.82, 2.24) is 15.1 Å². The maximum absolute atomic E-state index is 12.2. The molecule has 0 saturated carbocycles. The zero-order valence-corrected chi connectivity index (χ0v) is 16.5. The highest BCUT2D eigenvalue weighted by molar-refractivity contribution is 6.42. The van der Waals surface area contributed by atoms with E-state index in [4.69, 9.17) is 27.9 Å². The first-order valence-electron chi connectivity index (χ1n) is 8.44. The Morgan fingerprint density at radius 1 is 1.07 bits per heavy atom. The monoisotopic (exact) mass is 417 g/mol. The molecular weight excluding hydrogens is 401 g/mol. The first kappa shape index (κ1) is 19.9. The third kappa shape index (κ3) is 4.71. The van der Waals surface area contributed by atoms with E-state index in [2.05, 4.69) is 10.4 Å². The second-order valence-corrected chi connectivity index (χ2v) is 6.71. The van der Waals surface area contributed by atoms with Gasteiger partial charge in [-0.3, -0.25) is 9.59 Å². The van der Waals surface area contributed by atoms with Crippen LogP contribution < -0.4 is 15.6 Å². The molecule has 3 rings (SSSR count). The van der Waals surface area contributed by atoms with E-state index < -0.39 is 0 Å². The van der Waals surface area contributed by atoms with Gasteiger partial charge in [0.05, 0.1) is 29.4 Å². The summed E-state index contributed by atoms with van der Waals surface area (Å²) in [6.45, 7) is 0.466. The van der Waals surface area contributed by atoms with Crippen LogP contribution in [-0.2, 0) is 6.54 Å². The summed E-state index contributed by atoms with van der Waals surface area (Å²) in [6, 6.07) is 15.1. The molecule has 0 aliphatic carbocycles. The molecule has 1 heterocycles. The van der Waals surface area contributed by atoms with Crippen molar-refractivity contribution in [2.45, 2.75) is 6.54 Å².